The van der Waals surface area contributed by atoms with Crippen molar-refractivity contribution in [2.45, 2.75) is 31.3 Å². The second-order valence-electron chi connectivity index (χ2n) is 6.43. The minimum atomic E-state index is -0.954. The fourth-order valence-electron chi connectivity index (χ4n) is 3.04. The highest BCUT2D eigenvalue weighted by Gasteiger charge is 2.45. The van der Waals surface area contributed by atoms with E-state index in [4.69, 9.17) is 0 Å². The second-order valence-corrected chi connectivity index (χ2v) is 7.29. The summed E-state index contributed by atoms with van der Waals surface area (Å²) in [7, 11) is 0. The van der Waals surface area contributed by atoms with Gasteiger partial charge in [0, 0.05) is 10.9 Å². The molecule has 1 fully saturated rings. The van der Waals surface area contributed by atoms with Crippen LogP contribution < -0.4 is 5.32 Å². The molecule has 1 atom stereocenters. The number of halogens is 1. The maximum atomic E-state index is 12.2. The summed E-state index contributed by atoms with van der Waals surface area (Å²) in [6.45, 7) is 0.274. The Kier molecular flexibility index (Phi) is 5.36. The maximum absolute atomic E-state index is 12.2. The number of carbonyl (C=O) groups is 1. The number of hydrogen-bond donors (Lipinski definition) is 2. The SMILES string of the molecule is O=C(CCc1ccccc1Br)NCC(O)(c1ccccc1)C1CC1. The molecule has 0 aromatic heterocycles. The third kappa shape index (κ3) is 4.05. The second kappa shape index (κ2) is 7.49. The van der Waals surface area contributed by atoms with Gasteiger partial charge in [0.25, 0.3) is 0 Å². The van der Waals surface area contributed by atoms with E-state index in [2.05, 4.69) is 21.2 Å². The van der Waals surface area contributed by atoms with Crippen molar-refractivity contribution < 1.29 is 9.90 Å². The molecule has 0 saturated heterocycles. The number of hydrogen-bond acceptors (Lipinski definition) is 2. The van der Waals surface area contributed by atoms with Crippen LogP contribution in [0.25, 0.3) is 0 Å². The highest BCUT2D eigenvalue weighted by atomic mass is 79.9. The molecule has 3 rings (SSSR count). The van der Waals surface area contributed by atoms with Crippen LogP contribution in [0.15, 0.2) is 59.1 Å². The van der Waals surface area contributed by atoms with Crippen molar-refractivity contribution in [3.05, 3.63) is 70.2 Å². The monoisotopic (exact) mass is 387 g/mol. The molecule has 3 nitrogen and oxygen atoms in total. The van der Waals surface area contributed by atoms with E-state index in [-0.39, 0.29) is 18.4 Å². The topological polar surface area (TPSA) is 49.3 Å². The molecule has 0 radical (unpaired) electrons. The van der Waals surface area contributed by atoms with Crippen molar-refractivity contribution >= 4 is 21.8 Å². The number of benzene rings is 2. The Morgan fingerprint density at radius 1 is 1.12 bits per heavy atom. The zero-order chi connectivity index (χ0) is 17.0. The van der Waals surface area contributed by atoms with Crippen molar-refractivity contribution in [3.8, 4) is 0 Å². The summed E-state index contributed by atoms with van der Waals surface area (Å²) >= 11 is 3.50. The number of rotatable bonds is 7. The summed E-state index contributed by atoms with van der Waals surface area (Å²) in [4.78, 5) is 12.2. The van der Waals surface area contributed by atoms with Crippen LogP contribution in [-0.2, 0) is 16.8 Å². The van der Waals surface area contributed by atoms with Crippen LogP contribution in [0.5, 0.6) is 0 Å². The van der Waals surface area contributed by atoms with Gasteiger partial charge in [-0.15, -0.1) is 0 Å². The summed E-state index contributed by atoms with van der Waals surface area (Å²) in [6, 6.07) is 17.6. The molecule has 2 N–H and O–H groups in total. The van der Waals surface area contributed by atoms with E-state index in [0.717, 1.165) is 28.4 Å². The summed E-state index contributed by atoms with van der Waals surface area (Å²) in [5.74, 6) is 0.212. The standard InChI is InChI=1S/C20H22BrNO2/c21-18-9-5-4-6-15(18)10-13-19(23)22-14-20(24,17-11-12-17)16-7-2-1-3-8-16/h1-9,17,24H,10-14H2,(H,22,23). The van der Waals surface area contributed by atoms with Gasteiger partial charge < -0.3 is 10.4 Å². The molecule has 1 saturated carbocycles. The van der Waals surface area contributed by atoms with Gasteiger partial charge in [0.2, 0.25) is 5.91 Å². The van der Waals surface area contributed by atoms with E-state index in [0.29, 0.717) is 12.8 Å². The number of amides is 1. The predicted octanol–water partition coefficient (Wildman–Crippen LogP) is 3.80. The van der Waals surface area contributed by atoms with Gasteiger partial charge in [-0.3, -0.25) is 4.79 Å². The molecule has 2 aromatic carbocycles. The highest BCUT2D eigenvalue weighted by molar-refractivity contribution is 9.10. The van der Waals surface area contributed by atoms with Gasteiger partial charge in [-0.2, -0.15) is 0 Å². The Bertz CT molecular complexity index is 700. The normalized spacial score (nSPS) is 16.4. The van der Waals surface area contributed by atoms with Gasteiger partial charge in [-0.25, -0.2) is 0 Å². The maximum Gasteiger partial charge on any atom is 0.220 e. The van der Waals surface area contributed by atoms with Gasteiger partial charge in [0.15, 0.2) is 0 Å². The number of carbonyl (C=O) groups excluding carboxylic acids is 1. The van der Waals surface area contributed by atoms with Crippen LogP contribution in [0.3, 0.4) is 0 Å². The van der Waals surface area contributed by atoms with Gasteiger partial charge in [-0.05, 0) is 42.4 Å². The molecule has 0 spiro atoms. The summed E-state index contributed by atoms with van der Waals surface area (Å²) in [6.07, 6.45) is 3.12. The van der Waals surface area contributed by atoms with E-state index >= 15 is 0 Å². The van der Waals surface area contributed by atoms with Crippen molar-refractivity contribution in [1.29, 1.82) is 0 Å². The zero-order valence-corrected chi connectivity index (χ0v) is 15.1. The van der Waals surface area contributed by atoms with Gasteiger partial charge in [0.1, 0.15) is 5.60 Å². The third-order valence-electron chi connectivity index (χ3n) is 4.66. The number of aryl methyl sites for hydroxylation is 1. The Labute approximate surface area is 151 Å². The lowest BCUT2D eigenvalue weighted by atomic mass is 9.88. The Morgan fingerprint density at radius 3 is 2.46 bits per heavy atom. The first kappa shape index (κ1) is 17.2. The fourth-order valence-corrected chi connectivity index (χ4v) is 3.52. The smallest absolute Gasteiger partial charge is 0.220 e. The van der Waals surface area contributed by atoms with E-state index in [1.807, 2.05) is 54.6 Å². The Hall–Kier alpha value is -1.65. The summed E-state index contributed by atoms with van der Waals surface area (Å²) in [5, 5.41) is 14.0. The van der Waals surface area contributed by atoms with E-state index in [1.54, 1.807) is 0 Å². The zero-order valence-electron chi connectivity index (χ0n) is 13.5. The minimum Gasteiger partial charge on any atom is -0.383 e. The van der Waals surface area contributed by atoms with Crippen LogP contribution in [0.4, 0.5) is 0 Å². The van der Waals surface area contributed by atoms with Crippen LogP contribution >= 0.6 is 15.9 Å². The molecule has 4 heteroatoms. The average molecular weight is 388 g/mol. The Balaban J connectivity index is 1.57. The predicted molar refractivity (Wildman–Crippen MR) is 98.5 cm³/mol. The molecule has 1 unspecified atom stereocenters. The van der Waals surface area contributed by atoms with Gasteiger partial charge >= 0.3 is 0 Å². The molecule has 0 aliphatic heterocycles. The number of aliphatic hydroxyl groups is 1. The molecule has 126 valence electrons. The minimum absolute atomic E-state index is 0.0271. The molecule has 1 aliphatic carbocycles. The summed E-state index contributed by atoms with van der Waals surface area (Å²) in [5.41, 5.74) is 1.05. The average Bonchev–Trinajstić information content (AvgIpc) is 3.45. The lowest BCUT2D eigenvalue weighted by Crippen LogP contribution is -2.42. The summed E-state index contributed by atoms with van der Waals surface area (Å²) < 4.78 is 1.02. The van der Waals surface area contributed by atoms with E-state index in [9.17, 15) is 9.90 Å². The molecule has 24 heavy (non-hydrogen) atoms. The van der Waals surface area contributed by atoms with Crippen LogP contribution in [0, 0.1) is 5.92 Å². The van der Waals surface area contributed by atoms with Crippen LogP contribution in [-0.4, -0.2) is 17.6 Å². The van der Waals surface area contributed by atoms with E-state index < -0.39 is 5.60 Å². The number of nitrogens with one attached hydrogen (secondary N) is 1. The van der Waals surface area contributed by atoms with Crippen LogP contribution in [0.1, 0.15) is 30.4 Å². The molecule has 0 heterocycles. The van der Waals surface area contributed by atoms with Gasteiger partial charge in [-0.1, -0.05) is 64.5 Å². The molecule has 1 amide bonds. The fraction of sp³-hybridized carbons (Fsp3) is 0.350. The largest absolute Gasteiger partial charge is 0.383 e. The molecule has 1 aliphatic rings. The van der Waals surface area contributed by atoms with Crippen molar-refractivity contribution in [1.82, 2.24) is 5.32 Å². The first-order valence-electron chi connectivity index (χ1n) is 8.37. The third-order valence-corrected chi connectivity index (χ3v) is 5.43. The van der Waals surface area contributed by atoms with Crippen molar-refractivity contribution in [2.24, 2.45) is 5.92 Å². The molecular formula is C20H22BrNO2. The first-order chi connectivity index (χ1) is 11.6. The molecule has 2 aromatic rings. The molecular weight excluding hydrogens is 366 g/mol. The van der Waals surface area contributed by atoms with Gasteiger partial charge in [0.05, 0.1) is 6.54 Å². The lowest BCUT2D eigenvalue weighted by molar-refractivity contribution is -0.122. The van der Waals surface area contributed by atoms with Crippen molar-refractivity contribution in [3.63, 3.8) is 0 Å². The Morgan fingerprint density at radius 2 is 1.79 bits per heavy atom. The van der Waals surface area contributed by atoms with Crippen LogP contribution in [0.2, 0.25) is 0 Å². The first-order valence-corrected chi connectivity index (χ1v) is 9.17. The highest BCUT2D eigenvalue weighted by Crippen LogP contribution is 2.45. The molecule has 0 bridgehead atoms. The quantitative estimate of drug-likeness (QED) is 0.758. The van der Waals surface area contributed by atoms with E-state index in [1.165, 1.54) is 0 Å². The van der Waals surface area contributed by atoms with Crippen molar-refractivity contribution in [2.75, 3.05) is 6.54 Å². The lowest BCUT2D eigenvalue weighted by Gasteiger charge is -2.29.